The number of rotatable bonds is 6. The Morgan fingerprint density at radius 3 is 2.09 bits per heavy atom. The highest BCUT2D eigenvalue weighted by Crippen LogP contribution is 2.34. The summed E-state index contributed by atoms with van der Waals surface area (Å²) in [5, 5.41) is -4.07. The van der Waals surface area contributed by atoms with Crippen LogP contribution in [0.1, 0.15) is 34.1 Å². The number of halogens is 2. The van der Waals surface area contributed by atoms with Gasteiger partial charge in [-0.25, -0.2) is 17.3 Å². The Balaban J connectivity index is 3.17. The van der Waals surface area contributed by atoms with Crippen molar-refractivity contribution in [3.8, 4) is 0 Å². The van der Waals surface area contributed by atoms with E-state index in [0.717, 1.165) is 12.1 Å². The van der Waals surface area contributed by atoms with Gasteiger partial charge in [-0.3, -0.25) is 0 Å². The van der Waals surface area contributed by atoms with Gasteiger partial charge in [-0.2, -0.15) is 8.78 Å². The van der Waals surface area contributed by atoms with E-state index in [-0.39, 0.29) is 6.42 Å². The average Bonchev–Trinajstić information content (AvgIpc) is 2.43. The molecule has 0 aromatic heterocycles. The molecule has 0 unspecified atom stereocenters. The highest BCUT2D eigenvalue weighted by molar-refractivity contribution is 7.92. The van der Waals surface area contributed by atoms with Crippen molar-refractivity contribution in [2.45, 2.75) is 55.1 Å². The zero-order chi connectivity index (χ0) is 17.2. The summed E-state index contributed by atoms with van der Waals surface area (Å²) in [5.74, 6) is 0. The lowest BCUT2D eigenvalue weighted by molar-refractivity contribution is 0.0548. The molecule has 0 amide bonds. The van der Waals surface area contributed by atoms with Crippen molar-refractivity contribution < 1.29 is 21.4 Å². The lowest BCUT2D eigenvalue weighted by atomic mass is 10.2. The Bertz CT molecular complexity index is 625. The highest BCUT2D eigenvalue weighted by atomic mass is 32.2. The van der Waals surface area contributed by atoms with E-state index in [1.807, 2.05) is 0 Å². The molecule has 1 rings (SSSR count). The van der Waals surface area contributed by atoms with Crippen LogP contribution in [0.25, 0.3) is 0 Å². The first-order chi connectivity index (χ1) is 9.94. The summed E-state index contributed by atoms with van der Waals surface area (Å²) in [4.78, 5) is -0.457. The van der Waals surface area contributed by atoms with E-state index >= 15 is 0 Å². The van der Waals surface area contributed by atoms with Gasteiger partial charge in [0, 0.05) is 0 Å². The molecule has 22 heavy (non-hydrogen) atoms. The standard InChI is InChI=1S/C14H21F2NO3S2/c1-5-12(17-21(18)13(2,3)4)14(15,16)22(19,20)11-9-7-6-8-10-11/h6-10,12,17H,5H2,1-4H3/t12-,21-/m1/s1. The van der Waals surface area contributed by atoms with E-state index in [0.29, 0.717) is 0 Å². The van der Waals surface area contributed by atoms with Crippen molar-refractivity contribution in [2.24, 2.45) is 0 Å². The molecule has 0 spiro atoms. The average molecular weight is 353 g/mol. The molecule has 0 bridgehead atoms. The van der Waals surface area contributed by atoms with Crippen LogP contribution < -0.4 is 4.72 Å². The molecule has 0 radical (unpaired) electrons. The van der Waals surface area contributed by atoms with Gasteiger partial charge in [-0.1, -0.05) is 25.1 Å². The molecule has 126 valence electrons. The summed E-state index contributed by atoms with van der Waals surface area (Å²) in [6.45, 7) is 6.28. The maximum absolute atomic E-state index is 14.5. The number of alkyl halides is 2. The summed E-state index contributed by atoms with van der Waals surface area (Å²) in [6.07, 6.45) is -0.180. The lowest BCUT2D eigenvalue weighted by Gasteiger charge is -2.29. The van der Waals surface area contributed by atoms with Crippen molar-refractivity contribution in [1.82, 2.24) is 4.72 Å². The van der Waals surface area contributed by atoms with Crippen molar-refractivity contribution in [2.75, 3.05) is 0 Å². The molecule has 1 aromatic rings. The fourth-order valence-electron chi connectivity index (χ4n) is 1.64. The summed E-state index contributed by atoms with van der Waals surface area (Å²) in [7, 11) is -6.67. The zero-order valence-electron chi connectivity index (χ0n) is 13.0. The van der Waals surface area contributed by atoms with Gasteiger partial charge in [0.25, 0.3) is 0 Å². The SMILES string of the molecule is CC[C@@H](N[S@](=O)C(C)(C)C)C(F)(F)S(=O)(=O)c1ccccc1. The molecule has 0 aliphatic heterocycles. The van der Waals surface area contributed by atoms with Gasteiger partial charge in [0.15, 0.2) is 0 Å². The Morgan fingerprint density at radius 1 is 1.18 bits per heavy atom. The number of benzene rings is 1. The first kappa shape index (κ1) is 19.2. The minimum Gasteiger partial charge on any atom is -0.242 e. The fourth-order valence-corrected chi connectivity index (χ4v) is 4.07. The second-order valence-electron chi connectivity index (χ2n) is 5.84. The molecule has 0 saturated heterocycles. The molecule has 0 aliphatic rings. The third-order valence-electron chi connectivity index (χ3n) is 3.03. The maximum atomic E-state index is 14.5. The van der Waals surface area contributed by atoms with Crippen LogP contribution in [0.15, 0.2) is 35.2 Å². The summed E-state index contributed by atoms with van der Waals surface area (Å²) >= 11 is 0. The van der Waals surface area contributed by atoms with Gasteiger partial charge < -0.3 is 0 Å². The van der Waals surface area contributed by atoms with E-state index in [2.05, 4.69) is 4.72 Å². The number of sulfone groups is 1. The molecule has 0 aliphatic carbocycles. The molecular formula is C14H21F2NO3S2. The Kier molecular flexibility index (Phi) is 5.86. The lowest BCUT2D eigenvalue weighted by Crippen LogP contribution is -2.52. The van der Waals surface area contributed by atoms with Crippen LogP contribution in [0.5, 0.6) is 0 Å². The van der Waals surface area contributed by atoms with Crippen molar-refractivity contribution in [1.29, 1.82) is 0 Å². The van der Waals surface area contributed by atoms with Crippen LogP contribution in [-0.2, 0) is 20.8 Å². The predicted octanol–water partition coefficient (Wildman–Crippen LogP) is 2.88. The van der Waals surface area contributed by atoms with Crippen LogP contribution in [0.3, 0.4) is 0 Å². The molecule has 2 atom stereocenters. The van der Waals surface area contributed by atoms with Crippen molar-refractivity contribution >= 4 is 20.8 Å². The zero-order valence-corrected chi connectivity index (χ0v) is 14.6. The largest absolute Gasteiger partial charge is 0.365 e. The summed E-state index contributed by atoms with van der Waals surface area (Å²) in [6, 6.07) is 4.81. The van der Waals surface area contributed by atoms with E-state index in [1.54, 1.807) is 26.8 Å². The second-order valence-corrected chi connectivity index (χ2v) is 9.86. The minimum atomic E-state index is -4.87. The number of hydrogen-bond donors (Lipinski definition) is 1. The number of nitrogens with one attached hydrogen (secondary N) is 1. The third kappa shape index (κ3) is 3.91. The first-order valence-electron chi connectivity index (χ1n) is 6.80. The minimum absolute atomic E-state index is 0.180. The molecule has 0 fully saturated rings. The molecule has 0 saturated carbocycles. The van der Waals surface area contributed by atoms with Crippen molar-refractivity contribution in [3.05, 3.63) is 30.3 Å². The topological polar surface area (TPSA) is 63.2 Å². The van der Waals surface area contributed by atoms with Crippen LogP contribution in [0.4, 0.5) is 8.78 Å². The van der Waals surface area contributed by atoms with Crippen molar-refractivity contribution in [3.63, 3.8) is 0 Å². The quantitative estimate of drug-likeness (QED) is 0.855. The molecule has 1 aromatic carbocycles. The monoisotopic (exact) mass is 353 g/mol. The molecule has 8 heteroatoms. The van der Waals surface area contributed by atoms with E-state index in [1.165, 1.54) is 19.1 Å². The van der Waals surface area contributed by atoms with E-state index in [4.69, 9.17) is 0 Å². The Labute approximate surface area is 132 Å². The summed E-state index contributed by atoms with van der Waals surface area (Å²) in [5.41, 5.74) is 0. The Hall–Kier alpha value is -0.860. The smallest absolute Gasteiger partial charge is 0.242 e. The maximum Gasteiger partial charge on any atom is 0.365 e. The fraction of sp³-hybridized carbons (Fsp3) is 0.571. The van der Waals surface area contributed by atoms with Crippen LogP contribution >= 0.6 is 0 Å². The Morgan fingerprint density at radius 2 is 1.68 bits per heavy atom. The van der Waals surface area contributed by atoms with Crippen LogP contribution in [0, 0.1) is 0 Å². The molecule has 0 heterocycles. The van der Waals surface area contributed by atoms with Gasteiger partial charge in [-0.05, 0) is 39.3 Å². The van der Waals surface area contributed by atoms with Crippen LogP contribution in [0.2, 0.25) is 0 Å². The number of hydrogen-bond acceptors (Lipinski definition) is 3. The normalized spacial score (nSPS) is 16.3. The van der Waals surface area contributed by atoms with E-state index in [9.17, 15) is 21.4 Å². The van der Waals surface area contributed by atoms with Gasteiger partial charge in [-0.15, -0.1) is 0 Å². The van der Waals surface area contributed by atoms with Gasteiger partial charge in [0.05, 0.1) is 26.7 Å². The summed E-state index contributed by atoms with van der Waals surface area (Å²) < 4.78 is 66.9. The molecular weight excluding hydrogens is 332 g/mol. The molecule has 4 nitrogen and oxygen atoms in total. The molecule has 1 N–H and O–H groups in total. The second kappa shape index (κ2) is 6.72. The predicted molar refractivity (Wildman–Crippen MR) is 83.7 cm³/mol. The third-order valence-corrected chi connectivity index (χ3v) is 6.54. The van der Waals surface area contributed by atoms with Crippen LogP contribution in [-0.4, -0.2) is 28.7 Å². The van der Waals surface area contributed by atoms with E-state index < -0.39 is 41.8 Å². The highest BCUT2D eigenvalue weighted by Gasteiger charge is 2.53. The van der Waals surface area contributed by atoms with Gasteiger partial charge >= 0.3 is 5.25 Å². The van der Waals surface area contributed by atoms with Gasteiger partial charge in [0.1, 0.15) is 0 Å². The van der Waals surface area contributed by atoms with Gasteiger partial charge in [0.2, 0.25) is 9.84 Å². The first-order valence-corrected chi connectivity index (χ1v) is 9.43.